The lowest BCUT2D eigenvalue weighted by molar-refractivity contribution is 0.0689. The van der Waals surface area contributed by atoms with Crippen LogP contribution in [0.1, 0.15) is 10.4 Å². The van der Waals surface area contributed by atoms with E-state index in [1.165, 1.54) is 4.57 Å². The molecular formula is C20H18FN3O3. The highest BCUT2D eigenvalue weighted by Crippen LogP contribution is 2.26. The largest absolute Gasteiger partial charge is 0.477 e. The summed E-state index contributed by atoms with van der Waals surface area (Å²) in [7, 11) is 0. The van der Waals surface area contributed by atoms with Gasteiger partial charge in [-0.15, -0.1) is 0 Å². The Hall–Kier alpha value is -3.19. The molecule has 1 aliphatic rings. The molecule has 27 heavy (non-hydrogen) atoms. The molecular weight excluding hydrogens is 349 g/mol. The number of anilines is 1. The molecule has 0 unspecified atom stereocenters. The van der Waals surface area contributed by atoms with E-state index in [-0.39, 0.29) is 5.39 Å². The number of rotatable bonds is 3. The van der Waals surface area contributed by atoms with Crippen molar-refractivity contribution in [1.29, 1.82) is 0 Å². The fraction of sp³-hybridized carbons (Fsp3) is 0.200. The number of hydrogen-bond acceptors (Lipinski definition) is 4. The number of carbonyl (C=O) groups is 1. The minimum Gasteiger partial charge on any atom is -0.477 e. The number of nitrogens with one attached hydrogen (secondary N) is 1. The lowest BCUT2D eigenvalue weighted by Crippen LogP contribution is -2.43. The van der Waals surface area contributed by atoms with Crippen molar-refractivity contribution >= 4 is 22.6 Å². The first-order chi connectivity index (χ1) is 13.1. The van der Waals surface area contributed by atoms with Gasteiger partial charge in [0.25, 0.3) is 0 Å². The van der Waals surface area contributed by atoms with Gasteiger partial charge in [-0.2, -0.15) is 4.39 Å². The van der Waals surface area contributed by atoms with Crippen LogP contribution in [-0.4, -0.2) is 41.8 Å². The number of fused-ring (bicyclic) bond motifs is 1. The van der Waals surface area contributed by atoms with Crippen LogP contribution in [0.4, 0.5) is 10.1 Å². The molecule has 1 saturated heterocycles. The van der Waals surface area contributed by atoms with E-state index in [9.17, 15) is 14.7 Å². The predicted molar refractivity (Wildman–Crippen MR) is 102 cm³/mol. The monoisotopic (exact) mass is 367 g/mol. The summed E-state index contributed by atoms with van der Waals surface area (Å²) >= 11 is 0. The van der Waals surface area contributed by atoms with E-state index in [1.807, 2.05) is 0 Å². The predicted octanol–water partition coefficient (Wildman–Crippen LogP) is 2.24. The zero-order valence-electron chi connectivity index (χ0n) is 14.5. The van der Waals surface area contributed by atoms with Crippen molar-refractivity contribution in [2.45, 2.75) is 0 Å². The number of carboxylic acids is 1. The Kier molecular flexibility index (Phi) is 4.37. The second-order valence-electron chi connectivity index (χ2n) is 6.41. The maximum atomic E-state index is 15.1. The normalized spacial score (nSPS) is 14.5. The number of benzene rings is 2. The number of piperazine rings is 1. The van der Waals surface area contributed by atoms with Crippen molar-refractivity contribution in [2.75, 3.05) is 31.1 Å². The average Bonchev–Trinajstić information content (AvgIpc) is 2.69. The van der Waals surface area contributed by atoms with Crippen molar-refractivity contribution in [1.82, 2.24) is 9.88 Å². The second-order valence-corrected chi connectivity index (χ2v) is 6.41. The molecule has 2 aromatic carbocycles. The van der Waals surface area contributed by atoms with Gasteiger partial charge in [0.05, 0.1) is 5.52 Å². The molecule has 7 heteroatoms. The molecule has 0 spiro atoms. The van der Waals surface area contributed by atoms with Gasteiger partial charge in [-0.1, -0.05) is 18.2 Å². The summed E-state index contributed by atoms with van der Waals surface area (Å²) in [5.41, 5.74) is 0.0237. The zero-order chi connectivity index (χ0) is 19.0. The van der Waals surface area contributed by atoms with E-state index in [4.69, 9.17) is 0 Å². The molecule has 4 rings (SSSR count). The minimum atomic E-state index is -1.57. The summed E-state index contributed by atoms with van der Waals surface area (Å²) < 4.78 is 16.3. The molecule has 1 fully saturated rings. The molecule has 138 valence electrons. The number of nitrogens with zero attached hydrogens (tertiary/aromatic N) is 2. The van der Waals surface area contributed by atoms with E-state index in [1.54, 1.807) is 48.5 Å². The number of aromatic nitrogens is 1. The number of para-hydroxylation sites is 1. The fourth-order valence-electron chi connectivity index (χ4n) is 3.48. The number of halogens is 1. The highest BCUT2D eigenvalue weighted by atomic mass is 19.1. The number of carboxylic acid groups (broad SMARTS) is 1. The van der Waals surface area contributed by atoms with Gasteiger partial charge in [-0.05, 0) is 30.3 Å². The van der Waals surface area contributed by atoms with E-state index in [2.05, 4.69) is 10.2 Å². The van der Waals surface area contributed by atoms with Crippen LogP contribution in [-0.2, 0) is 0 Å². The lowest BCUT2D eigenvalue weighted by atomic mass is 10.1. The summed E-state index contributed by atoms with van der Waals surface area (Å²) in [6.07, 6.45) is 0. The second kappa shape index (κ2) is 6.85. The van der Waals surface area contributed by atoms with Crippen LogP contribution in [0, 0.1) is 5.95 Å². The smallest absolute Gasteiger partial charge is 0.344 e. The highest BCUT2D eigenvalue weighted by Gasteiger charge is 2.24. The third-order valence-electron chi connectivity index (χ3n) is 4.81. The van der Waals surface area contributed by atoms with Crippen molar-refractivity contribution in [3.05, 3.63) is 70.3 Å². The minimum absolute atomic E-state index is 0.177. The van der Waals surface area contributed by atoms with Gasteiger partial charge < -0.3 is 15.3 Å². The zero-order valence-corrected chi connectivity index (χ0v) is 14.5. The first-order valence-corrected chi connectivity index (χ1v) is 8.70. The van der Waals surface area contributed by atoms with Gasteiger partial charge in [-0.3, -0.25) is 9.36 Å². The van der Waals surface area contributed by atoms with Crippen LogP contribution in [0.3, 0.4) is 0 Å². The van der Waals surface area contributed by atoms with Crippen molar-refractivity contribution in [3.63, 3.8) is 0 Å². The van der Waals surface area contributed by atoms with Crippen LogP contribution < -0.4 is 15.6 Å². The van der Waals surface area contributed by atoms with Crippen molar-refractivity contribution < 1.29 is 14.3 Å². The summed E-state index contributed by atoms with van der Waals surface area (Å²) in [4.78, 5) is 26.3. The van der Waals surface area contributed by atoms with Gasteiger partial charge in [-0.25, -0.2) is 4.79 Å². The fourth-order valence-corrected chi connectivity index (χ4v) is 3.48. The summed E-state index contributed by atoms with van der Waals surface area (Å²) in [5, 5.41) is 12.8. The summed E-state index contributed by atoms with van der Waals surface area (Å²) in [6.45, 7) is 3.29. The van der Waals surface area contributed by atoms with Crippen molar-refractivity contribution in [2.24, 2.45) is 0 Å². The van der Waals surface area contributed by atoms with Crippen LogP contribution in [0.15, 0.2) is 53.3 Å². The Morgan fingerprint density at radius 1 is 1.04 bits per heavy atom. The maximum absolute atomic E-state index is 15.1. The Balaban J connectivity index is 2.03. The molecule has 0 aliphatic carbocycles. The van der Waals surface area contributed by atoms with Gasteiger partial charge in [0.2, 0.25) is 11.4 Å². The highest BCUT2D eigenvalue weighted by molar-refractivity contribution is 5.94. The Morgan fingerprint density at radius 3 is 2.41 bits per heavy atom. The maximum Gasteiger partial charge on any atom is 0.344 e. The SMILES string of the molecule is O=C(O)c1c(F)n(-c2ccccc2)c2cc(N3CCNCC3)ccc2c1=O. The topological polar surface area (TPSA) is 74.6 Å². The molecule has 6 nitrogen and oxygen atoms in total. The number of aromatic carboxylic acids is 1. The lowest BCUT2D eigenvalue weighted by Gasteiger charge is -2.30. The van der Waals surface area contributed by atoms with Gasteiger partial charge in [0, 0.05) is 42.9 Å². The number of pyridine rings is 1. The van der Waals surface area contributed by atoms with E-state index in [0.717, 1.165) is 31.9 Å². The summed E-state index contributed by atoms with van der Waals surface area (Å²) in [5.74, 6) is -2.64. The van der Waals surface area contributed by atoms with Crippen LogP contribution in [0.25, 0.3) is 16.6 Å². The molecule has 2 N–H and O–H groups in total. The quantitative estimate of drug-likeness (QED) is 0.695. The van der Waals surface area contributed by atoms with Crippen LogP contribution in [0.5, 0.6) is 0 Å². The molecule has 1 aromatic heterocycles. The molecule has 3 aromatic rings. The van der Waals surface area contributed by atoms with Crippen LogP contribution in [0.2, 0.25) is 0 Å². The Labute approximate surface area is 154 Å². The Morgan fingerprint density at radius 2 is 1.74 bits per heavy atom. The van der Waals surface area contributed by atoms with E-state index < -0.39 is 22.9 Å². The molecule has 0 atom stereocenters. The molecule has 0 amide bonds. The summed E-state index contributed by atoms with van der Waals surface area (Å²) in [6, 6.07) is 13.7. The standard InChI is InChI=1S/C20H18FN3O3/c21-19-17(20(26)27)18(25)15-7-6-14(23-10-8-22-9-11-23)12-16(15)24(19)13-4-2-1-3-5-13/h1-7,12,22H,8-11H2,(H,26,27). The molecule has 0 bridgehead atoms. The van der Waals surface area contributed by atoms with Crippen LogP contribution >= 0.6 is 0 Å². The van der Waals surface area contributed by atoms with E-state index >= 15 is 4.39 Å². The molecule has 2 heterocycles. The van der Waals surface area contributed by atoms with Crippen molar-refractivity contribution in [3.8, 4) is 5.69 Å². The third kappa shape index (κ3) is 2.96. The van der Waals surface area contributed by atoms with Gasteiger partial charge in [0.1, 0.15) is 0 Å². The average molecular weight is 367 g/mol. The third-order valence-corrected chi connectivity index (χ3v) is 4.81. The first kappa shape index (κ1) is 17.2. The van der Waals surface area contributed by atoms with E-state index in [0.29, 0.717) is 11.2 Å². The molecule has 0 radical (unpaired) electrons. The Bertz CT molecular complexity index is 1070. The van der Waals surface area contributed by atoms with Gasteiger partial charge in [0.15, 0.2) is 5.56 Å². The number of hydrogen-bond donors (Lipinski definition) is 2. The molecule has 0 saturated carbocycles. The molecule has 1 aliphatic heterocycles. The van der Waals surface area contributed by atoms with Gasteiger partial charge >= 0.3 is 5.97 Å². The first-order valence-electron chi connectivity index (χ1n) is 8.70.